The van der Waals surface area contributed by atoms with Gasteiger partial charge < -0.3 is 4.98 Å². The molecule has 2 nitrogen and oxygen atoms in total. The molecular weight excluding hydrogens is 324 g/mol. The molecule has 0 fully saturated rings. The molecule has 3 heteroatoms. The summed E-state index contributed by atoms with van der Waals surface area (Å²) in [5, 5.41) is 2.36. The predicted molar refractivity (Wildman–Crippen MR) is 91.5 cm³/mol. The molecule has 0 spiro atoms. The summed E-state index contributed by atoms with van der Waals surface area (Å²) in [5.74, 6) is 0. The highest BCUT2D eigenvalue weighted by Crippen LogP contribution is 2.31. The Morgan fingerprint density at radius 2 is 1.81 bits per heavy atom. The molecule has 4 aromatic rings. The molecule has 0 aliphatic rings. The van der Waals surface area contributed by atoms with E-state index in [1.807, 2.05) is 24.4 Å². The van der Waals surface area contributed by atoms with Crippen molar-refractivity contribution in [3.05, 3.63) is 64.8 Å². The van der Waals surface area contributed by atoms with Gasteiger partial charge in [-0.15, -0.1) is 0 Å². The maximum Gasteiger partial charge on any atom is 0.0731 e. The van der Waals surface area contributed by atoms with Gasteiger partial charge in [0.1, 0.15) is 0 Å². The number of aromatic amines is 1. The number of pyridine rings is 1. The molecule has 0 amide bonds. The summed E-state index contributed by atoms with van der Waals surface area (Å²) in [6, 6.07) is 16.7. The van der Waals surface area contributed by atoms with Crippen LogP contribution >= 0.6 is 15.9 Å². The molecule has 0 saturated heterocycles. The Bertz CT molecular complexity index is 969. The summed E-state index contributed by atoms with van der Waals surface area (Å²) in [4.78, 5) is 8.17. The van der Waals surface area contributed by atoms with Gasteiger partial charge >= 0.3 is 0 Å². The van der Waals surface area contributed by atoms with E-state index in [-0.39, 0.29) is 0 Å². The van der Waals surface area contributed by atoms with E-state index in [1.54, 1.807) is 0 Å². The highest BCUT2D eigenvalue weighted by molar-refractivity contribution is 9.10. The minimum atomic E-state index is 0.998. The van der Waals surface area contributed by atoms with Crippen LogP contribution in [-0.2, 0) is 0 Å². The van der Waals surface area contributed by atoms with Gasteiger partial charge in [0.2, 0.25) is 0 Å². The van der Waals surface area contributed by atoms with Crippen molar-refractivity contribution >= 4 is 37.7 Å². The summed E-state index contributed by atoms with van der Waals surface area (Å²) in [6.45, 7) is 2.12. The zero-order chi connectivity index (χ0) is 14.4. The zero-order valence-corrected chi connectivity index (χ0v) is 13.1. The molecule has 4 rings (SSSR count). The summed E-state index contributed by atoms with van der Waals surface area (Å²) >= 11 is 3.57. The van der Waals surface area contributed by atoms with Gasteiger partial charge in [0.05, 0.1) is 11.2 Å². The van der Waals surface area contributed by atoms with E-state index in [9.17, 15) is 0 Å². The van der Waals surface area contributed by atoms with Crippen molar-refractivity contribution in [2.45, 2.75) is 6.92 Å². The van der Waals surface area contributed by atoms with Crippen LogP contribution in [0.1, 0.15) is 5.56 Å². The summed E-state index contributed by atoms with van der Waals surface area (Å²) in [5.41, 5.74) is 5.59. The number of rotatable bonds is 1. The first-order chi connectivity index (χ1) is 10.2. The van der Waals surface area contributed by atoms with Crippen LogP contribution < -0.4 is 0 Å². The van der Waals surface area contributed by atoms with Crippen LogP contribution in [0.15, 0.2) is 59.2 Å². The molecule has 2 heterocycles. The second-order valence-electron chi connectivity index (χ2n) is 5.20. The molecule has 0 aliphatic carbocycles. The standard InChI is InChI=1S/C18H13BrN2/c1-11-4-2-5-12-14(10-20-18(11)12)17-9-8-13-15(19)6-3-7-16(13)21-17/h2-10,20H,1H3. The molecule has 0 unspecified atom stereocenters. The maximum absolute atomic E-state index is 4.81. The Morgan fingerprint density at radius 3 is 2.71 bits per heavy atom. The average molecular weight is 337 g/mol. The Balaban J connectivity index is 1.98. The minimum Gasteiger partial charge on any atom is -0.360 e. The number of fused-ring (bicyclic) bond motifs is 2. The normalized spacial score (nSPS) is 11.3. The van der Waals surface area contributed by atoms with E-state index in [1.165, 1.54) is 16.5 Å². The molecule has 2 aromatic carbocycles. The van der Waals surface area contributed by atoms with Crippen molar-refractivity contribution in [3.63, 3.8) is 0 Å². The van der Waals surface area contributed by atoms with Gasteiger partial charge in [-0.05, 0) is 36.8 Å². The molecule has 2 aromatic heterocycles. The van der Waals surface area contributed by atoms with Gasteiger partial charge in [-0.2, -0.15) is 0 Å². The first-order valence-electron chi connectivity index (χ1n) is 6.86. The van der Waals surface area contributed by atoms with Crippen LogP contribution in [0.25, 0.3) is 33.1 Å². The van der Waals surface area contributed by atoms with Gasteiger partial charge in [-0.3, -0.25) is 0 Å². The smallest absolute Gasteiger partial charge is 0.0731 e. The van der Waals surface area contributed by atoms with E-state index in [0.717, 1.165) is 26.6 Å². The molecular formula is C18H13BrN2. The topological polar surface area (TPSA) is 28.7 Å². The van der Waals surface area contributed by atoms with Crippen molar-refractivity contribution in [2.24, 2.45) is 0 Å². The lowest BCUT2D eigenvalue weighted by molar-refractivity contribution is 1.39. The van der Waals surface area contributed by atoms with E-state index in [2.05, 4.69) is 58.2 Å². The van der Waals surface area contributed by atoms with Gasteiger partial charge in [-0.25, -0.2) is 4.98 Å². The van der Waals surface area contributed by atoms with Gasteiger partial charge in [0.25, 0.3) is 0 Å². The van der Waals surface area contributed by atoms with Crippen molar-refractivity contribution in [3.8, 4) is 11.3 Å². The quantitative estimate of drug-likeness (QED) is 0.491. The van der Waals surface area contributed by atoms with Crippen molar-refractivity contribution in [1.29, 1.82) is 0 Å². The Labute approximate surface area is 131 Å². The lowest BCUT2D eigenvalue weighted by Crippen LogP contribution is -1.85. The van der Waals surface area contributed by atoms with E-state index < -0.39 is 0 Å². The van der Waals surface area contributed by atoms with E-state index in [4.69, 9.17) is 4.98 Å². The van der Waals surface area contributed by atoms with Crippen LogP contribution in [-0.4, -0.2) is 9.97 Å². The van der Waals surface area contributed by atoms with Crippen LogP contribution in [0, 0.1) is 6.92 Å². The third kappa shape index (κ3) is 1.96. The number of hydrogen-bond donors (Lipinski definition) is 1. The first kappa shape index (κ1) is 12.6. The van der Waals surface area contributed by atoms with Gasteiger partial charge in [0, 0.05) is 32.5 Å². The number of H-pyrrole nitrogens is 1. The molecule has 0 bridgehead atoms. The zero-order valence-electron chi connectivity index (χ0n) is 11.5. The van der Waals surface area contributed by atoms with Crippen molar-refractivity contribution in [2.75, 3.05) is 0 Å². The van der Waals surface area contributed by atoms with Crippen molar-refractivity contribution in [1.82, 2.24) is 9.97 Å². The molecule has 0 atom stereocenters. The Morgan fingerprint density at radius 1 is 0.952 bits per heavy atom. The summed E-state index contributed by atoms with van der Waals surface area (Å²) in [6.07, 6.45) is 2.05. The first-order valence-corrected chi connectivity index (χ1v) is 7.66. The third-order valence-corrected chi connectivity index (χ3v) is 4.57. The second kappa shape index (κ2) is 4.71. The lowest BCUT2D eigenvalue weighted by atomic mass is 10.1. The second-order valence-corrected chi connectivity index (χ2v) is 6.06. The molecule has 0 radical (unpaired) electrons. The summed E-state index contributed by atoms with van der Waals surface area (Å²) < 4.78 is 1.08. The maximum atomic E-state index is 4.81. The highest BCUT2D eigenvalue weighted by atomic mass is 79.9. The van der Waals surface area contributed by atoms with E-state index in [0.29, 0.717) is 0 Å². The highest BCUT2D eigenvalue weighted by Gasteiger charge is 2.09. The Hall–Kier alpha value is -2.13. The van der Waals surface area contributed by atoms with Crippen molar-refractivity contribution < 1.29 is 0 Å². The average Bonchev–Trinajstić information content (AvgIpc) is 2.92. The number of nitrogens with zero attached hydrogens (tertiary/aromatic N) is 1. The molecule has 1 N–H and O–H groups in total. The monoisotopic (exact) mass is 336 g/mol. The van der Waals surface area contributed by atoms with Gasteiger partial charge in [-0.1, -0.05) is 40.2 Å². The number of benzene rings is 2. The molecule has 0 saturated carbocycles. The van der Waals surface area contributed by atoms with Gasteiger partial charge in [0.15, 0.2) is 0 Å². The number of nitrogens with one attached hydrogen (secondary N) is 1. The van der Waals surface area contributed by atoms with E-state index >= 15 is 0 Å². The van der Waals surface area contributed by atoms with Crippen LogP contribution in [0.4, 0.5) is 0 Å². The largest absolute Gasteiger partial charge is 0.360 e. The predicted octanol–water partition coefficient (Wildman–Crippen LogP) is 5.45. The van der Waals surface area contributed by atoms with Crippen LogP contribution in [0.3, 0.4) is 0 Å². The fourth-order valence-electron chi connectivity index (χ4n) is 2.79. The third-order valence-electron chi connectivity index (χ3n) is 3.88. The fourth-order valence-corrected chi connectivity index (χ4v) is 3.27. The molecule has 21 heavy (non-hydrogen) atoms. The molecule has 102 valence electrons. The molecule has 0 aliphatic heterocycles. The number of hydrogen-bond acceptors (Lipinski definition) is 1. The number of aryl methyl sites for hydroxylation is 1. The lowest BCUT2D eigenvalue weighted by Gasteiger charge is -2.04. The SMILES string of the molecule is Cc1cccc2c(-c3ccc4c(Br)cccc4n3)c[nH]c12. The number of para-hydroxylation sites is 1. The minimum absolute atomic E-state index is 0.998. The van der Waals surface area contributed by atoms with Crippen LogP contribution in [0.2, 0.25) is 0 Å². The number of halogens is 1. The summed E-state index contributed by atoms with van der Waals surface area (Å²) in [7, 11) is 0. The number of aromatic nitrogens is 2. The Kier molecular flexibility index (Phi) is 2.82. The van der Waals surface area contributed by atoms with Crippen LogP contribution in [0.5, 0.6) is 0 Å². The fraction of sp³-hybridized carbons (Fsp3) is 0.0556.